The molecule has 9 heavy (non-hydrogen) atoms. The van der Waals surface area contributed by atoms with Gasteiger partial charge in [-0.15, -0.1) is 6.42 Å². The first-order valence-electron chi connectivity index (χ1n) is 2.15. The van der Waals surface area contributed by atoms with E-state index in [4.69, 9.17) is 12.2 Å². The molecule has 0 radical (unpaired) electrons. The first-order chi connectivity index (χ1) is 3.95. The molecule has 0 heterocycles. The molecule has 0 spiro atoms. The summed E-state index contributed by atoms with van der Waals surface area (Å²) >= 11 is 0. The topological polar surface area (TPSA) is 72.2 Å². The Hall–Kier alpha value is -0.570. The van der Waals surface area contributed by atoms with Gasteiger partial charge in [0.15, 0.2) is 0 Å². The number of nitrogens with two attached hydrogens (primary N) is 1. The van der Waals surface area contributed by atoms with E-state index in [0.29, 0.717) is 0 Å². The molecule has 52 valence electrons. The fraction of sp³-hybridized carbons (Fsp3) is 0.500. The molecule has 0 saturated carbocycles. The Morgan fingerprint density at radius 3 is 2.33 bits per heavy atom. The van der Waals surface area contributed by atoms with E-state index in [-0.39, 0.29) is 0 Å². The number of hydrogen-bond acceptors (Lipinski definition) is 3. The van der Waals surface area contributed by atoms with Crippen molar-refractivity contribution in [1.82, 2.24) is 4.72 Å². The Morgan fingerprint density at radius 2 is 2.22 bits per heavy atom. The largest absolute Gasteiger partial charge is 0.305 e. The molecule has 0 fully saturated rings. The molecule has 3 N–H and O–H groups in total. The van der Waals surface area contributed by atoms with Crippen LogP contribution in [0.2, 0.25) is 0 Å². The second kappa shape index (κ2) is 2.82. The van der Waals surface area contributed by atoms with Gasteiger partial charge in [-0.2, -0.15) is 4.72 Å². The molecule has 0 aliphatic rings. The Kier molecular flexibility index (Phi) is 2.65. The van der Waals surface area contributed by atoms with E-state index in [2.05, 4.69) is 0 Å². The van der Waals surface area contributed by atoms with Gasteiger partial charge in [0.05, 0.1) is 6.26 Å². The summed E-state index contributed by atoms with van der Waals surface area (Å²) in [6, 6.07) is 0. The van der Waals surface area contributed by atoms with Crippen molar-refractivity contribution in [2.75, 3.05) is 6.26 Å². The molecule has 4 nitrogen and oxygen atoms in total. The van der Waals surface area contributed by atoms with E-state index in [9.17, 15) is 8.42 Å². The molecule has 0 aliphatic carbocycles. The van der Waals surface area contributed by atoms with E-state index >= 15 is 0 Å². The molecular weight excluding hydrogens is 140 g/mol. The van der Waals surface area contributed by atoms with Crippen LogP contribution in [0.5, 0.6) is 0 Å². The molecule has 1 unspecified atom stereocenters. The van der Waals surface area contributed by atoms with Crippen LogP contribution >= 0.6 is 0 Å². The maximum absolute atomic E-state index is 10.3. The molecule has 5 heteroatoms. The molecule has 0 amide bonds. The van der Waals surface area contributed by atoms with Crippen molar-refractivity contribution >= 4 is 10.0 Å². The summed E-state index contributed by atoms with van der Waals surface area (Å²) in [6.45, 7) is 0. The van der Waals surface area contributed by atoms with Gasteiger partial charge < -0.3 is 5.73 Å². The highest BCUT2D eigenvalue weighted by Crippen LogP contribution is 1.74. The standard InChI is InChI=1S/C4H8N2O2S/c1-3-4(5)6-9(2,7)8/h1,4,6H,5H2,2H3. The zero-order valence-electron chi connectivity index (χ0n) is 4.96. The van der Waals surface area contributed by atoms with E-state index in [1.54, 1.807) is 0 Å². The lowest BCUT2D eigenvalue weighted by molar-refractivity contribution is 0.581. The van der Waals surface area contributed by atoms with Crippen LogP contribution < -0.4 is 10.5 Å². The van der Waals surface area contributed by atoms with E-state index in [0.717, 1.165) is 6.26 Å². The summed E-state index contributed by atoms with van der Waals surface area (Å²) in [7, 11) is -3.25. The Balaban J connectivity index is 3.94. The number of sulfonamides is 1. The Bertz CT molecular complexity index is 213. The molecule has 0 bridgehead atoms. The maximum atomic E-state index is 10.3. The van der Waals surface area contributed by atoms with Crippen molar-refractivity contribution in [3.05, 3.63) is 0 Å². The molecule has 0 aromatic carbocycles. The quantitative estimate of drug-likeness (QED) is 0.368. The number of nitrogens with one attached hydrogen (secondary N) is 1. The van der Waals surface area contributed by atoms with Gasteiger partial charge in [-0.3, -0.25) is 0 Å². The summed E-state index contributed by atoms with van der Waals surface area (Å²) in [5, 5.41) is 0. The lowest BCUT2D eigenvalue weighted by Gasteiger charge is -2.02. The number of rotatable bonds is 2. The summed E-state index contributed by atoms with van der Waals surface area (Å²) < 4.78 is 22.6. The molecule has 0 aromatic heterocycles. The highest BCUT2D eigenvalue weighted by molar-refractivity contribution is 7.88. The van der Waals surface area contributed by atoms with Crippen molar-refractivity contribution in [2.45, 2.75) is 6.17 Å². The van der Waals surface area contributed by atoms with E-state index < -0.39 is 16.2 Å². The van der Waals surface area contributed by atoms with Gasteiger partial charge in [0.2, 0.25) is 10.0 Å². The van der Waals surface area contributed by atoms with Gasteiger partial charge in [-0.05, 0) is 0 Å². The lowest BCUT2D eigenvalue weighted by Crippen LogP contribution is -2.39. The maximum Gasteiger partial charge on any atom is 0.210 e. The first-order valence-corrected chi connectivity index (χ1v) is 4.04. The fourth-order valence-electron chi connectivity index (χ4n) is 0.265. The van der Waals surface area contributed by atoms with E-state index in [1.807, 2.05) is 10.6 Å². The van der Waals surface area contributed by atoms with Crippen molar-refractivity contribution in [1.29, 1.82) is 0 Å². The van der Waals surface area contributed by atoms with Gasteiger partial charge in [-0.1, -0.05) is 5.92 Å². The van der Waals surface area contributed by atoms with Crippen molar-refractivity contribution < 1.29 is 8.42 Å². The minimum atomic E-state index is -3.25. The molecule has 1 atom stereocenters. The normalized spacial score (nSPS) is 14.3. The van der Waals surface area contributed by atoms with Crippen molar-refractivity contribution in [3.8, 4) is 12.3 Å². The van der Waals surface area contributed by atoms with Crippen LogP contribution in [-0.2, 0) is 10.0 Å². The minimum Gasteiger partial charge on any atom is -0.305 e. The molecule has 0 saturated heterocycles. The first kappa shape index (κ1) is 8.43. The second-order valence-corrected chi connectivity index (χ2v) is 3.31. The Morgan fingerprint density at radius 1 is 1.78 bits per heavy atom. The van der Waals surface area contributed by atoms with Crippen LogP contribution in [0.15, 0.2) is 0 Å². The van der Waals surface area contributed by atoms with Gasteiger partial charge in [0.25, 0.3) is 0 Å². The van der Waals surface area contributed by atoms with Crippen LogP contribution in [0.4, 0.5) is 0 Å². The average Bonchev–Trinajstić information content (AvgIpc) is 1.62. The van der Waals surface area contributed by atoms with Gasteiger partial charge in [0.1, 0.15) is 6.17 Å². The van der Waals surface area contributed by atoms with Crippen LogP contribution in [0.3, 0.4) is 0 Å². The highest BCUT2D eigenvalue weighted by Gasteiger charge is 2.03. The van der Waals surface area contributed by atoms with Crippen LogP contribution in [-0.4, -0.2) is 20.8 Å². The molecular formula is C4H8N2O2S. The highest BCUT2D eigenvalue weighted by atomic mass is 32.2. The average molecular weight is 148 g/mol. The minimum absolute atomic E-state index is 0.917. The zero-order chi connectivity index (χ0) is 7.49. The molecule has 0 rings (SSSR count). The summed E-state index contributed by atoms with van der Waals surface area (Å²) in [4.78, 5) is 0. The molecule has 0 aromatic rings. The monoisotopic (exact) mass is 148 g/mol. The lowest BCUT2D eigenvalue weighted by atomic mass is 10.6. The SMILES string of the molecule is C#CC(N)NS(C)(=O)=O. The summed E-state index contributed by atoms with van der Waals surface area (Å²) in [6.07, 6.45) is 4.85. The second-order valence-electron chi connectivity index (χ2n) is 1.53. The van der Waals surface area contributed by atoms with Crippen LogP contribution in [0, 0.1) is 12.3 Å². The third-order valence-electron chi connectivity index (χ3n) is 0.521. The number of hydrogen-bond donors (Lipinski definition) is 2. The van der Waals surface area contributed by atoms with Crippen molar-refractivity contribution in [3.63, 3.8) is 0 Å². The van der Waals surface area contributed by atoms with Crippen LogP contribution in [0.1, 0.15) is 0 Å². The third-order valence-corrected chi connectivity index (χ3v) is 1.20. The smallest absolute Gasteiger partial charge is 0.210 e. The third kappa shape index (κ3) is 5.30. The van der Waals surface area contributed by atoms with E-state index in [1.165, 1.54) is 0 Å². The number of terminal acetylenes is 1. The predicted molar refractivity (Wildman–Crippen MR) is 34.8 cm³/mol. The zero-order valence-corrected chi connectivity index (χ0v) is 5.77. The van der Waals surface area contributed by atoms with Gasteiger partial charge in [0, 0.05) is 0 Å². The predicted octanol–water partition coefficient (Wildman–Crippen LogP) is -1.55. The van der Waals surface area contributed by atoms with Gasteiger partial charge in [-0.25, -0.2) is 8.42 Å². The van der Waals surface area contributed by atoms with Crippen molar-refractivity contribution in [2.24, 2.45) is 5.73 Å². The van der Waals surface area contributed by atoms with Gasteiger partial charge >= 0.3 is 0 Å². The summed E-state index contributed by atoms with van der Waals surface area (Å²) in [5.74, 6) is 2.01. The Labute approximate surface area is 54.5 Å². The summed E-state index contributed by atoms with van der Waals surface area (Å²) in [5.41, 5.74) is 5.03. The molecule has 0 aliphatic heterocycles. The van der Waals surface area contributed by atoms with Crippen LogP contribution in [0.25, 0.3) is 0 Å². The fourth-order valence-corrected chi connectivity index (χ4v) is 0.794.